The molecular formula is C18H28N4O. The van der Waals surface area contributed by atoms with Crippen LogP contribution in [-0.4, -0.2) is 25.6 Å². The first kappa shape index (κ1) is 16.4. The Labute approximate surface area is 138 Å². The van der Waals surface area contributed by atoms with Crippen molar-refractivity contribution in [2.75, 3.05) is 0 Å². The molecule has 126 valence electrons. The minimum absolute atomic E-state index is 0.00600. The first-order valence-electron chi connectivity index (χ1n) is 8.43. The average molecular weight is 316 g/mol. The Hall–Kier alpha value is -1.49. The third-order valence-corrected chi connectivity index (χ3v) is 4.71. The van der Waals surface area contributed by atoms with Gasteiger partial charge in [0.2, 0.25) is 0 Å². The van der Waals surface area contributed by atoms with Gasteiger partial charge >= 0.3 is 0 Å². The molecular weight excluding hydrogens is 288 g/mol. The van der Waals surface area contributed by atoms with Gasteiger partial charge in [-0.1, -0.05) is 41.5 Å². The summed E-state index contributed by atoms with van der Waals surface area (Å²) in [7, 11) is 0. The van der Waals surface area contributed by atoms with E-state index in [0.717, 1.165) is 24.0 Å². The molecule has 1 unspecified atom stereocenters. The van der Waals surface area contributed by atoms with Gasteiger partial charge in [-0.3, -0.25) is 4.57 Å². The summed E-state index contributed by atoms with van der Waals surface area (Å²) in [6.07, 6.45) is 7.49. The highest BCUT2D eigenvalue weighted by Crippen LogP contribution is 2.47. The van der Waals surface area contributed by atoms with E-state index < -0.39 is 0 Å². The Kier molecular flexibility index (Phi) is 3.95. The van der Waals surface area contributed by atoms with E-state index in [4.69, 9.17) is 4.74 Å². The molecule has 0 radical (unpaired) electrons. The Bertz CT molecular complexity index is 680. The SMILES string of the molecule is CC(C)(C)CC1O[C@@H](n2cnc3cncnc32)C[C@H]1C(C)(C)C. The molecule has 0 N–H and O–H groups in total. The van der Waals surface area contributed by atoms with Crippen LogP contribution >= 0.6 is 0 Å². The minimum atomic E-state index is 0.00600. The van der Waals surface area contributed by atoms with E-state index in [2.05, 4.69) is 61.1 Å². The van der Waals surface area contributed by atoms with Crippen molar-refractivity contribution in [2.24, 2.45) is 16.7 Å². The van der Waals surface area contributed by atoms with Crippen LogP contribution in [0.15, 0.2) is 18.9 Å². The van der Waals surface area contributed by atoms with Gasteiger partial charge in [0.05, 0.1) is 18.6 Å². The summed E-state index contributed by atoms with van der Waals surface area (Å²) in [5.74, 6) is 0.519. The maximum atomic E-state index is 6.49. The average Bonchev–Trinajstić information content (AvgIpc) is 2.99. The maximum Gasteiger partial charge on any atom is 0.165 e. The third kappa shape index (κ3) is 3.39. The fraction of sp³-hybridized carbons (Fsp3) is 0.722. The fourth-order valence-corrected chi connectivity index (χ4v) is 3.60. The summed E-state index contributed by atoms with van der Waals surface area (Å²) < 4.78 is 8.56. The van der Waals surface area contributed by atoms with Crippen molar-refractivity contribution in [3.8, 4) is 0 Å². The van der Waals surface area contributed by atoms with Gasteiger partial charge in [-0.2, -0.15) is 0 Å². The number of aromatic nitrogens is 4. The fourth-order valence-electron chi connectivity index (χ4n) is 3.60. The Morgan fingerprint density at radius 1 is 1.17 bits per heavy atom. The van der Waals surface area contributed by atoms with E-state index in [9.17, 15) is 0 Å². The monoisotopic (exact) mass is 316 g/mol. The summed E-state index contributed by atoms with van der Waals surface area (Å²) in [6.45, 7) is 13.8. The number of hydrogen-bond donors (Lipinski definition) is 0. The Morgan fingerprint density at radius 2 is 1.91 bits per heavy atom. The van der Waals surface area contributed by atoms with Crippen LogP contribution in [0.25, 0.3) is 11.2 Å². The molecule has 0 spiro atoms. The number of nitrogens with zero attached hydrogens (tertiary/aromatic N) is 4. The van der Waals surface area contributed by atoms with E-state index in [1.54, 1.807) is 12.5 Å². The van der Waals surface area contributed by atoms with Crippen molar-refractivity contribution in [1.29, 1.82) is 0 Å². The van der Waals surface area contributed by atoms with Gasteiger partial charge in [0.15, 0.2) is 5.65 Å². The number of ether oxygens (including phenoxy) is 1. The summed E-state index contributed by atoms with van der Waals surface area (Å²) in [4.78, 5) is 12.8. The van der Waals surface area contributed by atoms with Crippen molar-refractivity contribution in [2.45, 2.75) is 66.7 Å². The molecule has 1 saturated heterocycles. The molecule has 0 aromatic carbocycles. The lowest BCUT2D eigenvalue weighted by atomic mass is 9.73. The standard InChI is InChI=1S/C18H28N4O/c1-17(2,3)8-14-12(18(4,5)6)7-15(23-14)22-11-21-13-9-19-10-20-16(13)22/h9-12,14-15H,7-8H2,1-6H3/t12-,14?,15-/m1/s1. The molecule has 2 aromatic heterocycles. The summed E-state index contributed by atoms with van der Waals surface area (Å²) >= 11 is 0. The van der Waals surface area contributed by atoms with Crippen LogP contribution in [0.5, 0.6) is 0 Å². The molecule has 0 saturated carbocycles. The van der Waals surface area contributed by atoms with Crippen molar-refractivity contribution >= 4 is 11.2 Å². The lowest BCUT2D eigenvalue weighted by molar-refractivity contribution is -0.0309. The van der Waals surface area contributed by atoms with Crippen molar-refractivity contribution in [1.82, 2.24) is 19.5 Å². The van der Waals surface area contributed by atoms with Crippen molar-refractivity contribution < 1.29 is 4.74 Å². The van der Waals surface area contributed by atoms with Crippen molar-refractivity contribution in [3.63, 3.8) is 0 Å². The highest BCUT2D eigenvalue weighted by Gasteiger charge is 2.44. The molecule has 23 heavy (non-hydrogen) atoms. The van der Waals surface area contributed by atoms with Gasteiger partial charge < -0.3 is 4.74 Å². The van der Waals surface area contributed by atoms with Gasteiger partial charge in [0.1, 0.15) is 18.1 Å². The second-order valence-electron chi connectivity index (χ2n) is 8.99. The molecule has 2 aromatic rings. The van der Waals surface area contributed by atoms with E-state index in [-0.39, 0.29) is 23.2 Å². The first-order chi connectivity index (χ1) is 10.6. The molecule has 0 bridgehead atoms. The Balaban J connectivity index is 1.90. The second kappa shape index (κ2) is 5.55. The van der Waals surface area contributed by atoms with Crippen LogP contribution < -0.4 is 0 Å². The molecule has 5 heteroatoms. The zero-order valence-electron chi connectivity index (χ0n) is 15.1. The maximum absolute atomic E-state index is 6.49. The highest BCUT2D eigenvalue weighted by molar-refractivity contribution is 5.68. The summed E-state index contributed by atoms with van der Waals surface area (Å²) in [5.41, 5.74) is 2.15. The van der Waals surface area contributed by atoms with Gasteiger partial charge in [-0.15, -0.1) is 0 Å². The van der Waals surface area contributed by atoms with Crippen molar-refractivity contribution in [3.05, 3.63) is 18.9 Å². The third-order valence-electron chi connectivity index (χ3n) is 4.71. The van der Waals surface area contributed by atoms with Crippen LogP contribution in [0.3, 0.4) is 0 Å². The van der Waals surface area contributed by atoms with Crippen LogP contribution in [0.4, 0.5) is 0 Å². The van der Waals surface area contributed by atoms with Gasteiger partial charge in [0.25, 0.3) is 0 Å². The van der Waals surface area contributed by atoms with E-state index in [1.165, 1.54) is 0 Å². The lowest BCUT2D eigenvalue weighted by Crippen LogP contribution is -2.31. The van der Waals surface area contributed by atoms with E-state index in [1.807, 2.05) is 6.33 Å². The molecule has 5 nitrogen and oxygen atoms in total. The topological polar surface area (TPSA) is 52.8 Å². The van der Waals surface area contributed by atoms with Gasteiger partial charge in [-0.25, -0.2) is 15.0 Å². The lowest BCUT2D eigenvalue weighted by Gasteiger charge is -2.33. The number of rotatable bonds is 2. The highest BCUT2D eigenvalue weighted by atomic mass is 16.5. The molecule has 0 amide bonds. The minimum Gasteiger partial charge on any atom is -0.354 e. The van der Waals surface area contributed by atoms with Gasteiger partial charge in [-0.05, 0) is 29.6 Å². The quantitative estimate of drug-likeness (QED) is 0.832. The molecule has 3 rings (SSSR count). The molecule has 1 aliphatic heterocycles. The molecule has 3 heterocycles. The van der Waals surface area contributed by atoms with E-state index in [0.29, 0.717) is 5.92 Å². The van der Waals surface area contributed by atoms with E-state index >= 15 is 0 Å². The normalized spacial score (nSPS) is 26.1. The predicted octanol–water partition coefficient (Wildman–Crippen LogP) is 4.21. The first-order valence-corrected chi connectivity index (χ1v) is 8.43. The molecule has 3 atom stereocenters. The number of imidazole rings is 1. The smallest absolute Gasteiger partial charge is 0.165 e. The second-order valence-corrected chi connectivity index (χ2v) is 8.99. The molecule has 0 aliphatic carbocycles. The molecule has 1 aliphatic rings. The van der Waals surface area contributed by atoms with Crippen LogP contribution in [0, 0.1) is 16.7 Å². The number of fused-ring (bicyclic) bond motifs is 1. The van der Waals surface area contributed by atoms with Gasteiger partial charge in [0, 0.05) is 0 Å². The Morgan fingerprint density at radius 3 is 2.57 bits per heavy atom. The predicted molar refractivity (Wildman–Crippen MR) is 90.9 cm³/mol. The zero-order chi connectivity index (χ0) is 16.8. The van der Waals surface area contributed by atoms with Crippen LogP contribution in [-0.2, 0) is 4.74 Å². The molecule has 1 fully saturated rings. The largest absolute Gasteiger partial charge is 0.354 e. The van der Waals surface area contributed by atoms with Crippen LogP contribution in [0.1, 0.15) is 60.6 Å². The summed E-state index contributed by atoms with van der Waals surface area (Å²) in [6, 6.07) is 0. The zero-order valence-corrected chi connectivity index (χ0v) is 15.1. The van der Waals surface area contributed by atoms with Crippen LogP contribution in [0.2, 0.25) is 0 Å². The number of hydrogen-bond acceptors (Lipinski definition) is 4. The summed E-state index contributed by atoms with van der Waals surface area (Å²) in [5, 5.41) is 0.